The zero-order valence-electron chi connectivity index (χ0n) is 11.7. The third-order valence-corrected chi connectivity index (χ3v) is 3.71. The number of aromatic nitrogens is 6. The van der Waals surface area contributed by atoms with E-state index in [4.69, 9.17) is 0 Å². The number of nitrogens with zero attached hydrogens (tertiary/aromatic N) is 6. The maximum absolute atomic E-state index is 4.61. The molecule has 1 fully saturated rings. The number of hydrogen-bond donors (Lipinski definition) is 2. The van der Waals surface area contributed by atoms with Crippen LogP contribution in [0.15, 0.2) is 24.8 Å². The van der Waals surface area contributed by atoms with Crippen molar-refractivity contribution >= 4 is 11.5 Å². The van der Waals surface area contributed by atoms with E-state index < -0.39 is 0 Å². The van der Waals surface area contributed by atoms with E-state index in [2.05, 4.69) is 42.4 Å². The summed E-state index contributed by atoms with van der Waals surface area (Å²) in [5, 5.41) is 15.1. The lowest BCUT2D eigenvalue weighted by atomic mass is 10.2. The molecule has 0 radical (unpaired) electrons. The van der Waals surface area contributed by atoms with Gasteiger partial charge >= 0.3 is 0 Å². The summed E-state index contributed by atoms with van der Waals surface area (Å²) in [5.41, 5.74) is 1.82. The van der Waals surface area contributed by atoms with Crippen LogP contribution in [0.1, 0.15) is 6.92 Å². The molecule has 8 heteroatoms. The number of aromatic amines is 1. The number of piperazine rings is 1. The SMILES string of the molecule is CC1CN(c2n[nH]c(-c3cnn4ccncc34)n2)CCN1. The Balaban J connectivity index is 1.68. The molecule has 1 saturated heterocycles. The van der Waals surface area contributed by atoms with Crippen LogP contribution in [-0.4, -0.2) is 55.5 Å². The normalized spacial score (nSPS) is 19.3. The van der Waals surface area contributed by atoms with Crippen molar-refractivity contribution in [3.8, 4) is 11.4 Å². The first kappa shape index (κ1) is 12.3. The van der Waals surface area contributed by atoms with Gasteiger partial charge in [-0.25, -0.2) is 4.52 Å². The predicted octanol–water partition coefficient (Wildman–Crippen LogP) is 0.312. The van der Waals surface area contributed by atoms with Crippen LogP contribution in [0, 0.1) is 0 Å². The second-order valence-electron chi connectivity index (χ2n) is 5.25. The second kappa shape index (κ2) is 4.81. The van der Waals surface area contributed by atoms with Crippen LogP contribution < -0.4 is 10.2 Å². The fraction of sp³-hybridized carbons (Fsp3) is 0.385. The summed E-state index contributed by atoms with van der Waals surface area (Å²) in [5.74, 6) is 1.46. The maximum Gasteiger partial charge on any atom is 0.245 e. The monoisotopic (exact) mass is 284 g/mol. The van der Waals surface area contributed by atoms with Crippen molar-refractivity contribution in [2.45, 2.75) is 13.0 Å². The summed E-state index contributed by atoms with van der Waals surface area (Å²) in [6.45, 7) is 4.94. The van der Waals surface area contributed by atoms with E-state index >= 15 is 0 Å². The van der Waals surface area contributed by atoms with Crippen molar-refractivity contribution in [3.63, 3.8) is 0 Å². The third-order valence-electron chi connectivity index (χ3n) is 3.71. The Morgan fingerprint density at radius 2 is 2.29 bits per heavy atom. The molecule has 0 aliphatic carbocycles. The van der Waals surface area contributed by atoms with Crippen LogP contribution >= 0.6 is 0 Å². The lowest BCUT2D eigenvalue weighted by Crippen LogP contribution is -2.49. The highest BCUT2D eigenvalue weighted by Crippen LogP contribution is 2.22. The lowest BCUT2D eigenvalue weighted by Gasteiger charge is -2.30. The Morgan fingerprint density at radius 3 is 3.19 bits per heavy atom. The molecule has 3 aromatic heterocycles. The Bertz CT molecular complexity index is 760. The molecule has 1 aliphatic heterocycles. The smallest absolute Gasteiger partial charge is 0.245 e. The standard InChI is InChI=1S/C13H16N8/c1-9-8-20(4-3-15-9)13-17-12(18-19-13)10-6-16-21-5-2-14-7-11(10)21/h2,5-7,9,15H,3-4,8H2,1H3,(H,17,18,19). The first-order chi connectivity index (χ1) is 10.3. The summed E-state index contributed by atoms with van der Waals surface area (Å²) in [6.07, 6.45) is 7.07. The van der Waals surface area contributed by atoms with Gasteiger partial charge in [0.2, 0.25) is 5.95 Å². The molecule has 0 amide bonds. The van der Waals surface area contributed by atoms with E-state index in [0.29, 0.717) is 6.04 Å². The van der Waals surface area contributed by atoms with Crippen molar-refractivity contribution in [2.75, 3.05) is 24.5 Å². The Hall–Kier alpha value is -2.48. The van der Waals surface area contributed by atoms with Crippen LogP contribution in [0.4, 0.5) is 5.95 Å². The molecule has 0 spiro atoms. The summed E-state index contributed by atoms with van der Waals surface area (Å²) in [6, 6.07) is 0.446. The summed E-state index contributed by atoms with van der Waals surface area (Å²) in [4.78, 5) is 10.9. The number of rotatable bonds is 2. The highest BCUT2D eigenvalue weighted by Gasteiger charge is 2.20. The Labute approximate surface area is 121 Å². The molecule has 2 N–H and O–H groups in total. The molecule has 0 saturated carbocycles. The fourth-order valence-electron chi connectivity index (χ4n) is 2.65. The van der Waals surface area contributed by atoms with Crippen molar-refractivity contribution < 1.29 is 0 Å². The number of anilines is 1. The molecule has 8 nitrogen and oxygen atoms in total. The highest BCUT2D eigenvalue weighted by molar-refractivity contribution is 5.75. The van der Waals surface area contributed by atoms with E-state index in [1.165, 1.54) is 0 Å². The summed E-state index contributed by atoms with van der Waals surface area (Å²) >= 11 is 0. The Kier molecular flexibility index (Phi) is 2.81. The quantitative estimate of drug-likeness (QED) is 0.704. The molecule has 4 rings (SSSR count). The van der Waals surface area contributed by atoms with Gasteiger partial charge in [-0.15, -0.1) is 5.10 Å². The van der Waals surface area contributed by atoms with E-state index in [9.17, 15) is 0 Å². The van der Waals surface area contributed by atoms with Gasteiger partial charge in [-0.1, -0.05) is 0 Å². The predicted molar refractivity (Wildman–Crippen MR) is 78.0 cm³/mol. The lowest BCUT2D eigenvalue weighted by molar-refractivity contribution is 0.480. The fourth-order valence-corrected chi connectivity index (χ4v) is 2.65. The summed E-state index contributed by atoms with van der Waals surface area (Å²) < 4.78 is 1.78. The molecule has 3 aromatic rings. The maximum atomic E-state index is 4.61. The van der Waals surface area contributed by atoms with Gasteiger partial charge in [0.15, 0.2) is 5.82 Å². The number of H-pyrrole nitrogens is 1. The van der Waals surface area contributed by atoms with E-state index in [0.717, 1.165) is 42.5 Å². The van der Waals surface area contributed by atoms with Crippen LogP contribution in [0.3, 0.4) is 0 Å². The second-order valence-corrected chi connectivity index (χ2v) is 5.25. The van der Waals surface area contributed by atoms with E-state index in [1.54, 1.807) is 23.1 Å². The number of fused-ring (bicyclic) bond motifs is 1. The van der Waals surface area contributed by atoms with Crippen molar-refractivity contribution in [1.82, 2.24) is 35.1 Å². The van der Waals surface area contributed by atoms with E-state index in [-0.39, 0.29) is 0 Å². The first-order valence-electron chi connectivity index (χ1n) is 7.00. The third kappa shape index (κ3) is 2.13. The minimum atomic E-state index is 0.446. The van der Waals surface area contributed by atoms with Crippen LogP contribution in [0.5, 0.6) is 0 Å². The number of hydrogen-bond acceptors (Lipinski definition) is 6. The molecule has 1 atom stereocenters. The highest BCUT2D eigenvalue weighted by atomic mass is 15.4. The van der Waals surface area contributed by atoms with Gasteiger partial charge < -0.3 is 10.2 Å². The molecule has 1 aliphatic rings. The molecular formula is C13H16N8. The van der Waals surface area contributed by atoms with Gasteiger partial charge in [0.05, 0.1) is 23.5 Å². The zero-order chi connectivity index (χ0) is 14.2. The van der Waals surface area contributed by atoms with Crippen molar-refractivity contribution in [3.05, 3.63) is 24.8 Å². The van der Waals surface area contributed by atoms with Crippen molar-refractivity contribution in [1.29, 1.82) is 0 Å². The number of nitrogens with one attached hydrogen (secondary N) is 2. The Morgan fingerprint density at radius 1 is 1.33 bits per heavy atom. The molecular weight excluding hydrogens is 268 g/mol. The minimum absolute atomic E-state index is 0.446. The van der Waals surface area contributed by atoms with Crippen LogP contribution in [0.2, 0.25) is 0 Å². The average Bonchev–Trinajstić information content (AvgIpc) is 3.14. The zero-order valence-corrected chi connectivity index (χ0v) is 11.7. The van der Waals surface area contributed by atoms with E-state index in [1.807, 2.05) is 6.20 Å². The molecule has 1 unspecified atom stereocenters. The molecule has 21 heavy (non-hydrogen) atoms. The van der Waals surface area contributed by atoms with Gasteiger partial charge in [0.1, 0.15) is 0 Å². The van der Waals surface area contributed by atoms with Gasteiger partial charge in [-0.05, 0) is 6.92 Å². The molecule has 0 bridgehead atoms. The molecule has 0 aromatic carbocycles. The largest absolute Gasteiger partial charge is 0.337 e. The van der Waals surface area contributed by atoms with Crippen LogP contribution in [-0.2, 0) is 0 Å². The average molecular weight is 284 g/mol. The first-order valence-corrected chi connectivity index (χ1v) is 7.00. The summed E-state index contributed by atoms with van der Waals surface area (Å²) in [7, 11) is 0. The van der Waals surface area contributed by atoms with Crippen LogP contribution in [0.25, 0.3) is 16.9 Å². The molecule has 108 valence electrons. The minimum Gasteiger partial charge on any atom is -0.337 e. The van der Waals surface area contributed by atoms with Gasteiger partial charge in [-0.2, -0.15) is 10.1 Å². The van der Waals surface area contributed by atoms with Gasteiger partial charge in [-0.3, -0.25) is 10.1 Å². The van der Waals surface area contributed by atoms with Gasteiger partial charge in [0, 0.05) is 38.1 Å². The molecule has 4 heterocycles. The topological polar surface area (TPSA) is 87.0 Å². The van der Waals surface area contributed by atoms with Crippen molar-refractivity contribution in [2.24, 2.45) is 0 Å². The van der Waals surface area contributed by atoms with Gasteiger partial charge in [0.25, 0.3) is 0 Å².